The van der Waals surface area contributed by atoms with Crippen LogP contribution in [0.15, 0.2) is 30.3 Å². The van der Waals surface area contributed by atoms with Gasteiger partial charge in [0.25, 0.3) is 0 Å². The van der Waals surface area contributed by atoms with Crippen LogP contribution in [0.1, 0.15) is 49.3 Å². The minimum absolute atomic E-state index is 0.0369. The number of aromatic nitrogens is 3. The van der Waals surface area contributed by atoms with Gasteiger partial charge in [0.15, 0.2) is 5.82 Å². The number of hydrogen-bond donors (Lipinski definition) is 3. The summed E-state index contributed by atoms with van der Waals surface area (Å²) in [4.78, 5) is 4.67. The Hall–Kier alpha value is -3.63. The first kappa shape index (κ1) is 30.9. The summed E-state index contributed by atoms with van der Waals surface area (Å²) in [6.45, 7) is 8.90. The molecule has 0 saturated heterocycles. The third-order valence-electron chi connectivity index (χ3n) is 5.88. The molecule has 0 saturated carbocycles. The molecule has 0 aliphatic carbocycles. The van der Waals surface area contributed by atoms with Gasteiger partial charge in [-0.2, -0.15) is 5.10 Å². The summed E-state index contributed by atoms with van der Waals surface area (Å²) in [7, 11) is -0.506. The molecular weight excluding hydrogens is 540 g/mol. The first-order valence-corrected chi connectivity index (χ1v) is 14.1. The summed E-state index contributed by atoms with van der Waals surface area (Å²) < 4.78 is 61.2. The molecule has 0 radical (unpaired) electrons. The number of nitrogens with two attached hydrogens (primary N) is 1. The summed E-state index contributed by atoms with van der Waals surface area (Å²) in [5.41, 5.74) is 7.38. The Kier molecular flexibility index (Phi) is 9.16. The van der Waals surface area contributed by atoms with E-state index in [0.29, 0.717) is 38.7 Å². The van der Waals surface area contributed by atoms with Gasteiger partial charge in [0, 0.05) is 36.6 Å². The fourth-order valence-corrected chi connectivity index (χ4v) is 4.69. The van der Waals surface area contributed by atoms with E-state index in [2.05, 4.69) is 33.2 Å². The van der Waals surface area contributed by atoms with Crippen molar-refractivity contribution in [2.75, 3.05) is 18.1 Å². The summed E-state index contributed by atoms with van der Waals surface area (Å²) in [6.07, 6.45) is 0.469. The van der Waals surface area contributed by atoms with Gasteiger partial charge in [-0.15, -0.1) is 0 Å². The Labute approximate surface area is 232 Å². The quantitative estimate of drug-likeness (QED) is 0.348. The molecule has 40 heavy (non-hydrogen) atoms. The van der Waals surface area contributed by atoms with E-state index in [1.165, 1.54) is 37.8 Å². The Morgan fingerprint density at radius 1 is 1.27 bits per heavy atom. The zero-order valence-corrected chi connectivity index (χ0v) is 24.0. The average molecular weight is 574 g/mol. The van der Waals surface area contributed by atoms with E-state index >= 15 is 0 Å². The average Bonchev–Trinajstić information content (AvgIpc) is 3.08. The molecule has 0 bridgehead atoms. The lowest BCUT2D eigenvalue weighted by atomic mass is 9.92. The van der Waals surface area contributed by atoms with E-state index in [1.807, 2.05) is 0 Å². The van der Waals surface area contributed by atoms with Crippen molar-refractivity contribution < 1.29 is 27.0 Å². The molecule has 214 valence electrons. The zero-order chi connectivity index (χ0) is 30.0. The van der Waals surface area contributed by atoms with Crippen molar-refractivity contribution in [3.63, 3.8) is 0 Å². The molecule has 9 nitrogen and oxygen atoms in total. The summed E-state index contributed by atoms with van der Waals surface area (Å²) >= 11 is 0. The van der Waals surface area contributed by atoms with E-state index < -0.39 is 39.4 Å². The molecule has 2 aromatic heterocycles. The number of rotatable bonds is 8. The number of halogens is 2. The predicted molar refractivity (Wildman–Crippen MR) is 150 cm³/mol. The van der Waals surface area contributed by atoms with Crippen LogP contribution in [0.5, 0.6) is 0 Å². The molecule has 2 heterocycles. The number of ether oxygens (including phenoxy) is 1. The number of pyridine rings is 1. The minimum atomic E-state index is -3.64. The highest BCUT2D eigenvalue weighted by Gasteiger charge is 2.24. The second-order valence-corrected chi connectivity index (χ2v) is 11.7. The van der Waals surface area contributed by atoms with Gasteiger partial charge in [-0.05, 0) is 62.9 Å². The van der Waals surface area contributed by atoms with Crippen LogP contribution in [0.25, 0.3) is 12.2 Å². The number of aryl methyl sites for hydroxylation is 1. The van der Waals surface area contributed by atoms with Crippen molar-refractivity contribution >= 4 is 28.0 Å². The van der Waals surface area contributed by atoms with Crippen LogP contribution >= 0.6 is 0 Å². The molecular formula is C28H33F2N5O4S. The summed E-state index contributed by atoms with van der Waals surface area (Å²) in [5.74, 6) is 4.12. The number of anilines is 1. The topological polar surface area (TPSA) is 132 Å². The van der Waals surface area contributed by atoms with Crippen molar-refractivity contribution in [2.45, 2.75) is 44.9 Å². The number of aliphatic hydroxyl groups is 1. The van der Waals surface area contributed by atoms with E-state index in [1.54, 1.807) is 26.1 Å². The number of nitrogens with zero attached hydrogens (tertiary/aromatic N) is 3. The predicted octanol–water partition coefficient (Wildman–Crippen LogP) is 1.47. The maximum Gasteiger partial charge on any atom is 0.231 e. The number of methoxy groups -OCH3 is 1. The fraction of sp³-hybridized carbons (Fsp3) is 0.357. The molecule has 0 amide bonds. The number of sulfonamides is 1. The summed E-state index contributed by atoms with van der Waals surface area (Å²) in [5, 5.41) is 15.1. The largest absolute Gasteiger partial charge is 0.378 e. The smallest absolute Gasteiger partial charge is 0.231 e. The number of nitrogens with one attached hydrogen (secondary N) is 1. The molecule has 0 aliphatic rings. The molecule has 2 atom stereocenters. The normalized spacial score (nSPS) is 14.2. The summed E-state index contributed by atoms with van der Waals surface area (Å²) in [6, 6.07) is 5.68. The van der Waals surface area contributed by atoms with Crippen molar-refractivity contribution in [3.8, 4) is 11.8 Å². The Balaban J connectivity index is 2.34. The Morgan fingerprint density at radius 2 is 1.90 bits per heavy atom. The van der Waals surface area contributed by atoms with Crippen LogP contribution in [0.3, 0.4) is 0 Å². The van der Waals surface area contributed by atoms with Gasteiger partial charge in [0.1, 0.15) is 22.9 Å². The van der Waals surface area contributed by atoms with Crippen LogP contribution in [0.4, 0.5) is 14.6 Å². The van der Waals surface area contributed by atoms with Gasteiger partial charge in [-0.3, -0.25) is 9.40 Å². The van der Waals surface area contributed by atoms with Crippen LogP contribution in [-0.2, 0) is 28.2 Å². The lowest BCUT2D eigenvalue weighted by molar-refractivity contribution is 0.143. The third kappa shape index (κ3) is 7.73. The van der Waals surface area contributed by atoms with Crippen LogP contribution in [-0.4, -0.2) is 53.4 Å². The van der Waals surface area contributed by atoms with Gasteiger partial charge < -0.3 is 15.6 Å². The highest BCUT2D eigenvalue weighted by Crippen LogP contribution is 2.27. The molecule has 1 aromatic carbocycles. The van der Waals surface area contributed by atoms with Gasteiger partial charge in [0.05, 0.1) is 29.4 Å². The Morgan fingerprint density at radius 3 is 2.45 bits per heavy atom. The fourth-order valence-electron chi connectivity index (χ4n) is 4.17. The molecule has 3 aromatic rings. The van der Waals surface area contributed by atoms with Crippen molar-refractivity contribution in [1.29, 1.82) is 0 Å². The van der Waals surface area contributed by atoms with Crippen LogP contribution < -0.4 is 21.0 Å². The molecule has 0 spiro atoms. The van der Waals surface area contributed by atoms with Gasteiger partial charge in [-0.25, -0.2) is 22.2 Å². The highest BCUT2D eigenvalue weighted by atomic mass is 32.2. The standard InChI is InChI=1S/C28H33F2N5O4S/c1-16-26(35(5)33-27(16)34-40(7,37)38)24(17(2)39-6)22-9-8-21(10-11-28(3,4)36)32-25(22)23(31)14-18-12-19(29)15-20(30)13-18/h8-9,12-13,15,17,23,36H,1,14,31H2,2-7H3,(H,33,34)/b26-24-/t17?,23-/m0/s1. The second kappa shape index (κ2) is 11.9. The van der Waals surface area contributed by atoms with E-state index in [-0.39, 0.29) is 12.2 Å². The third-order valence-corrected chi connectivity index (χ3v) is 6.45. The number of benzene rings is 1. The maximum absolute atomic E-state index is 13.9. The minimum Gasteiger partial charge on any atom is -0.378 e. The Bertz CT molecular complexity index is 1680. The lowest BCUT2D eigenvalue weighted by Crippen LogP contribution is -2.35. The molecule has 4 N–H and O–H groups in total. The lowest BCUT2D eigenvalue weighted by Gasteiger charge is -2.21. The molecule has 3 rings (SSSR count). The van der Waals surface area contributed by atoms with E-state index in [4.69, 9.17) is 10.5 Å². The van der Waals surface area contributed by atoms with Crippen molar-refractivity contribution in [1.82, 2.24) is 14.8 Å². The van der Waals surface area contributed by atoms with E-state index in [0.717, 1.165) is 12.3 Å². The van der Waals surface area contributed by atoms with Gasteiger partial charge in [-0.1, -0.05) is 12.5 Å². The van der Waals surface area contributed by atoms with Crippen LogP contribution in [0, 0.1) is 23.5 Å². The van der Waals surface area contributed by atoms with Crippen molar-refractivity contribution in [3.05, 3.63) is 75.0 Å². The van der Waals surface area contributed by atoms with E-state index in [9.17, 15) is 22.3 Å². The second-order valence-electron chi connectivity index (χ2n) is 9.99. The van der Waals surface area contributed by atoms with Gasteiger partial charge in [0.2, 0.25) is 10.0 Å². The highest BCUT2D eigenvalue weighted by molar-refractivity contribution is 7.92. The van der Waals surface area contributed by atoms with Crippen LogP contribution in [0.2, 0.25) is 0 Å². The monoisotopic (exact) mass is 573 g/mol. The van der Waals surface area contributed by atoms with Gasteiger partial charge >= 0.3 is 0 Å². The maximum atomic E-state index is 13.9. The molecule has 0 aliphatic heterocycles. The zero-order valence-electron chi connectivity index (χ0n) is 23.2. The molecule has 0 fully saturated rings. The molecule has 1 unspecified atom stereocenters. The first-order chi connectivity index (χ1) is 18.5. The SMILES string of the molecule is C=c1c(NS(C)(=O)=O)nn(C)/c1=C(\c1ccc(C#CC(C)(C)O)nc1[C@@H](N)Cc1cc(F)cc(F)c1)C(C)OC. The first-order valence-electron chi connectivity index (χ1n) is 12.2. The molecule has 12 heteroatoms. The van der Waals surface area contributed by atoms with Crippen molar-refractivity contribution in [2.24, 2.45) is 12.8 Å². The number of hydrogen-bond acceptors (Lipinski definition) is 7.